The average molecular weight is 345 g/mol. The summed E-state index contributed by atoms with van der Waals surface area (Å²) in [7, 11) is 0. The van der Waals surface area contributed by atoms with Gasteiger partial charge in [-0.3, -0.25) is 4.79 Å². The van der Waals surface area contributed by atoms with Crippen molar-refractivity contribution >= 4 is 23.5 Å². The molecule has 3 rings (SSSR count). The standard InChI is InChI=1S/C18H21ClN4O/c1-13-3-2-8-23(12-13)17(24)15-10-21-18(22-11-15)20-9-14-4-6-16(19)7-5-14/h4-7,10-11,13H,2-3,8-9,12H2,1H3,(H,20,21,22). The van der Waals surface area contributed by atoms with E-state index in [-0.39, 0.29) is 5.91 Å². The van der Waals surface area contributed by atoms with Crippen molar-refractivity contribution in [3.63, 3.8) is 0 Å². The molecule has 1 aromatic carbocycles. The lowest BCUT2D eigenvalue weighted by Gasteiger charge is -2.30. The summed E-state index contributed by atoms with van der Waals surface area (Å²) in [5.74, 6) is 1.09. The first-order chi connectivity index (χ1) is 11.6. The Bertz CT molecular complexity index is 687. The Labute approximate surface area is 147 Å². The molecule has 0 spiro atoms. The number of nitrogens with one attached hydrogen (secondary N) is 1. The minimum atomic E-state index is 0.0193. The number of aromatic nitrogens is 2. The summed E-state index contributed by atoms with van der Waals surface area (Å²) >= 11 is 5.87. The number of carbonyl (C=O) groups is 1. The van der Waals surface area contributed by atoms with E-state index in [2.05, 4.69) is 22.2 Å². The molecule has 1 aliphatic heterocycles. The molecule has 1 unspecified atom stereocenters. The van der Waals surface area contributed by atoms with Gasteiger partial charge < -0.3 is 10.2 Å². The number of benzene rings is 1. The number of likely N-dealkylation sites (tertiary alicyclic amines) is 1. The second-order valence-corrected chi connectivity index (χ2v) is 6.71. The van der Waals surface area contributed by atoms with Gasteiger partial charge in [0.1, 0.15) is 0 Å². The second kappa shape index (κ2) is 7.62. The molecule has 126 valence electrons. The van der Waals surface area contributed by atoms with Crippen LogP contribution in [-0.2, 0) is 6.54 Å². The molecule has 1 saturated heterocycles. The summed E-state index contributed by atoms with van der Waals surface area (Å²) in [6, 6.07) is 7.59. The highest BCUT2D eigenvalue weighted by Crippen LogP contribution is 2.17. The van der Waals surface area contributed by atoms with E-state index in [9.17, 15) is 4.79 Å². The number of amides is 1. The van der Waals surface area contributed by atoms with Crippen LogP contribution in [0.5, 0.6) is 0 Å². The number of rotatable bonds is 4. The van der Waals surface area contributed by atoms with Crippen LogP contribution in [0.3, 0.4) is 0 Å². The maximum absolute atomic E-state index is 12.5. The van der Waals surface area contributed by atoms with Crippen LogP contribution in [-0.4, -0.2) is 33.9 Å². The summed E-state index contributed by atoms with van der Waals surface area (Å²) in [5, 5.41) is 3.86. The van der Waals surface area contributed by atoms with Gasteiger partial charge in [0.15, 0.2) is 0 Å². The SMILES string of the molecule is CC1CCCN(C(=O)c2cnc(NCc3ccc(Cl)cc3)nc2)C1. The third-order valence-electron chi connectivity index (χ3n) is 4.21. The summed E-state index contributed by atoms with van der Waals surface area (Å²) in [6.45, 7) is 4.42. The number of hydrogen-bond acceptors (Lipinski definition) is 4. The zero-order chi connectivity index (χ0) is 16.9. The van der Waals surface area contributed by atoms with Gasteiger partial charge in [-0.25, -0.2) is 9.97 Å². The number of nitrogens with zero attached hydrogens (tertiary/aromatic N) is 3. The van der Waals surface area contributed by atoms with Crippen molar-refractivity contribution in [1.82, 2.24) is 14.9 Å². The average Bonchev–Trinajstić information content (AvgIpc) is 2.61. The van der Waals surface area contributed by atoms with Crippen LogP contribution >= 0.6 is 11.6 Å². The lowest BCUT2D eigenvalue weighted by Crippen LogP contribution is -2.39. The van der Waals surface area contributed by atoms with E-state index >= 15 is 0 Å². The smallest absolute Gasteiger partial charge is 0.257 e. The van der Waals surface area contributed by atoms with Crippen LogP contribution < -0.4 is 5.32 Å². The minimum Gasteiger partial charge on any atom is -0.350 e. The quantitative estimate of drug-likeness (QED) is 0.920. The molecule has 1 aromatic heterocycles. The van der Waals surface area contributed by atoms with Gasteiger partial charge in [0.05, 0.1) is 5.56 Å². The molecule has 5 nitrogen and oxygen atoms in total. The number of anilines is 1. The van der Waals surface area contributed by atoms with Gasteiger partial charge in [-0.15, -0.1) is 0 Å². The molecule has 1 amide bonds. The van der Waals surface area contributed by atoms with Gasteiger partial charge in [-0.1, -0.05) is 30.7 Å². The van der Waals surface area contributed by atoms with E-state index in [1.807, 2.05) is 29.2 Å². The normalized spacial score (nSPS) is 17.6. The molecule has 2 heterocycles. The molecule has 6 heteroatoms. The molecule has 1 N–H and O–H groups in total. The monoisotopic (exact) mass is 344 g/mol. The Morgan fingerprint density at radius 2 is 2.00 bits per heavy atom. The van der Waals surface area contributed by atoms with E-state index in [1.165, 1.54) is 6.42 Å². The molecule has 0 saturated carbocycles. The van der Waals surface area contributed by atoms with E-state index in [0.717, 1.165) is 25.1 Å². The Morgan fingerprint density at radius 1 is 1.29 bits per heavy atom. The molecular formula is C18H21ClN4O. The molecule has 0 bridgehead atoms. The molecule has 0 aliphatic carbocycles. The second-order valence-electron chi connectivity index (χ2n) is 6.27. The summed E-state index contributed by atoms with van der Waals surface area (Å²) in [6.07, 6.45) is 5.44. The third-order valence-corrected chi connectivity index (χ3v) is 4.46. The maximum Gasteiger partial charge on any atom is 0.257 e. The topological polar surface area (TPSA) is 58.1 Å². The Hall–Kier alpha value is -2.14. The van der Waals surface area contributed by atoms with Crippen molar-refractivity contribution in [3.05, 3.63) is 52.8 Å². The van der Waals surface area contributed by atoms with E-state index in [1.54, 1.807) is 12.4 Å². The highest BCUT2D eigenvalue weighted by molar-refractivity contribution is 6.30. The van der Waals surface area contributed by atoms with Crippen molar-refractivity contribution in [3.8, 4) is 0 Å². The predicted molar refractivity (Wildman–Crippen MR) is 95.1 cm³/mol. The number of piperidine rings is 1. The maximum atomic E-state index is 12.5. The predicted octanol–water partition coefficient (Wildman–Crippen LogP) is 3.61. The van der Waals surface area contributed by atoms with Crippen molar-refractivity contribution in [2.45, 2.75) is 26.3 Å². The summed E-state index contributed by atoms with van der Waals surface area (Å²) < 4.78 is 0. The molecule has 0 radical (unpaired) electrons. The zero-order valence-corrected chi connectivity index (χ0v) is 14.5. The van der Waals surface area contributed by atoms with Gasteiger partial charge in [0.2, 0.25) is 5.95 Å². The number of hydrogen-bond donors (Lipinski definition) is 1. The Balaban J connectivity index is 1.58. The third kappa shape index (κ3) is 4.23. The first kappa shape index (κ1) is 16.7. The van der Waals surface area contributed by atoms with Crippen molar-refractivity contribution in [2.75, 3.05) is 18.4 Å². The first-order valence-electron chi connectivity index (χ1n) is 8.21. The zero-order valence-electron chi connectivity index (χ0n) is 13.7. The van der Waals surface area contributed by atoms with Gasteiger partial charge in [0.25, 0.3) is 5.91 Å². The van der Waals surface area contributed by atoms with Gasteiger partial charge >= 0.3 is 0 Å². The van der Waals surface area contributed by atoms with Crippen LogP contribution in [0, 0.1) is 5.92 Å². The first-order valence-corrected chi connectivity index (χ1v) is 8.59. The highest BCUT2D eigenvalue weighted by Gasteiger charge is 2.22. The summed E-state index contributed by atoms with van der Waals surface area (Å²) in [5.41, 5.74) is 1.63. The van der Waals surface area contributed by atoms with Crippen molar-refractivity contribution in [2.24, 2.45) is 5.92 Å². The summed E-state index contributed by atoms with van der Waals surface area (Å²) in [4.78, 5) is 22.9. The van der Waals surface area contributed by atoms with Crippen molar-refractivity contribution in [1.29, 1.82) is 0 Å². The van der Waals surface area contributed by atoms with Crippen LogP contribution in [0.15, 0.2) is 36.7 Å². The Kier molecular flexibility index (Phi) is 5.30. The van der Waals surface area contributed by atoms with Gasteiger partial charge in [-0.05, 0) is 36.5 Å². The number of carbonyl (C=O) groups excluding carboxylic acids is 1. The number of halogens is 1. The lowest BCUT2D eigenvalue weighted by molar-refractivity contribution is 0.0682. The van der Waals surface area contributed by atoms with Crippen LogP contribution in [0.2, 0.25) is 5.02 Å². The Morgan fingerprint density at radius 3 is 2.67 bits per heavy atom. The molecule has 1 aliphatic rings. The van der Waals surface area contributed by atoms with Gasteiger partial charge in [0, 0.05) is 37.1 Å². The van der Waals surface area contributed by atoms with Gasteiger partial charge in [-0.2, -0.15) is 0 Å². The van der Waals surface area contributed by atoms with Crippen LogP contribution in [0.4, 0.5) is 5.95 Å². The van der Waals surface area contributed by atoms with Crippen molar-refractivity contribution < 1.29 is 4.79 Å². The fourth-order valence-electron chi connectivity index (χ4n) is 2.87. The largest absolute Gasteiger partial charge is 0.350 e. The molecule has 2 aromatic rings. The molecule has 24 heavy (non-hydrogen) atoms. The van der Waals surface area contributed by atoms with E-state index < -0.39 is 0 Å². The fourth-order valence-corrected chi connectivity index (χ4v) is 3.00. The lowest BCUT2D eigenvalue weighted by atomic mass is 10.00. The fraction of sp³-hybridized carbons (Fsp3) is 0.389. The highest BCUT2D eigenvalue weighted by atomic mass is 35.5. The van der Waals surface area contributed by atoms with E-state index in [0.29, 0.717) is 29.0 Å². The van der Waals surface area contributed by atoms with Crippen LogP contribution in [0.25, 0.3) is 0 Å². The molecule has 1 atom stereocenters. The van der Waals surface area contributed by atoms with Crippen LogP contribution in [0.1, 0.15) is 35.7 Å². The molecular weight excluding hydrogens is 324 g/mol. The van der Waals surface area contributed by atoms with E-state index in [4.69, 9.17) is 11.6 Å². The minimum absolute atomic E-state index is 0.0193. The molecule has 1 fully saturated rings.